The van der Waals surface area contributed by atoms with Crippen molar-refractivity contribution >= 4 is 33.0 Å². The molecule has 0 aliphatic carbocycles. The van der Waals surface area contributed by atoms with Crippen LogP contribution in [0, 0.1) is 0 Å². The lowest BCUT2D eigenvalue weighted by Gasteiger charge is -2.31. The molecule has 0 N–H and O–H groups in total. The van der Waals surface area contributed by atoms with E-state index in [0.29, 0.717) is 63.1 Å². The maximum Gasteiger partial charge on any atom is 0.281 e. The molecule has 1 aromatic heterocycles. The summed E-state index contributed by atoms with van der Waals surface area (Å²) in [6.07, 6.45) is 1.82. The first-order chi connectivity index (χ1) is 14.5. The molecule has 30 heavy (non-hydrogen) atoms. The number of anilines is 1. The number of hydrogen-bond donors (Lipinski definition) is 0. The number of nitrogens with zero attached hydrogens (tertiary/aromatic N) is 4. The fourth-order valence-electron chi connectivity index (χ4n) is 3.44. The number of morpholine rings is 2. The van der Waals surface area contributed by atoms with Crippen LogP contribution in [0.5, 0.6) is 0 Å². The van der Waals surface area contributed by atoms with Crippen LogP contribution in [0.2, 0.25) is 0 Å². The molecule has 3 heterocycles. The Morgan fingerprint density at radius 2 is 1.73 bits per heavy atom. The summed E-state index contributed by atoms with van der Waals surface area (Å²) in [5.74, 6) is -0.464. The van der Waals surface area contributed by atoms with E-state index in [1.165, 1.54) is 21.7 Å². The highest BCUT2D eigenvalue weighted by molar-refractivity contribution is 7.89. The predicted octanol–water partition coefficient (Wildman–Crippen LogP) is 0.685. The van der Waals surface area contributed by atoms with E-state index >= 15 is 0 Å². The molecule has 4 rings (SSSR count). The molecule has 0 saturated carbocycles. The molecule has 2 aliphatic heterocycles. The molecular formula is C19H24N4O5S2. The molecule has 0 spiro atoms. The number of thiazole rings is 1. The Labute approximate surface area is 179 Å². The van der Waals surface area contributed by atoms with Crippen molar-refractivity contribution in [1.82, 2.24) is 8.87 Å². The summed E-state index contributed by atoms with van der Waals surface area (Å²) in [6, 6.07) is 4.72. The van der Waals surface area contributed by atoms with Crippen LogP contribution >= 0.6 is 11.3 Å². The van der Waals surface area contributed by atoms with Crippen molar-refractivity contribution in [2.75, 3.05) is 57.5 Å². The Morgan fingerprint density at radius 1 is 1.07 bits per heavy atom. The maximum atomic E-state index is 13.1. The van der Waals surface area contributed by atoms with Gasteiger partial charge in [-0.2, -0.15) is 9.30 Å². The smallest absolute Gasteiger partial charge is 0.281 e. The molecule has 0 unspecified atom stereocenters. The molecular weight excluding hydrogens is 428 g/mol. The van der Waals surface area contributed by atoms with Gasteiger partial charge in [0, 0.05) is 50.5 Å². The van der Waals surface area contributed by atoms with Gasteiger partial charge in [-0.25, -0.2) is 8.42 Å². The number of rotatable bonds is 4. The average molecular weight is 453 g/mol. The fraction of sp³-hybridized carbons (Fsp3) is 0.474. The van der Waals surface area contributed by atoms with Crippen molar-refractivity contribution in [1.29, 1.82) is 0 Å². The van der Waals surface area contributed by atoms with E-state index in [9.17, 15) is 13.2 Å². The summed E-state index contributed by atoms with van der Waals surface area (Å²) in [5, 5.41) is 1.84. The second-order valence-corrected chi connectivity index (χ2v) is 9.82. The number of sulfonamides is 1. The van der Waals surface area contributed by atoms with E-state index in [2.05, 4.69) is 4.99 Å². The minimum absolute atomic E-state index is 0.0931. The molecule has 0 radical (unpaired) electrons. The summed E-state index contributed by atoms with van der Waals surface area (Å²) in [7, 11) is -1.91. The van der Waals surface area contributed by atoms with Crippen molar-refractivity contribution in [2.45, 2.75) is 4.90 Å². The Morgan fingerprint density at radius 3 is 2.37 bits per heavy atom. The van der Waals surface area contributed by atoms with Gasteiger partial charge in [0.1, 0.15) is 0 Å². The van der Waals surface area contributed by atoms with Gasteiger partial charge in [-0.15, -0.1) is 11.3 Å². The number of aromatic nitrogens is 1. The van der Waals surface area contributed by atoms with Gasteiger partial charge in [-0.3, -0.25) is 4.79 Å². The van der Waals surface area contributed by atoms with Crippen LogP contribution in [0.4, 0.5) is 5.69 Å². The lowest BCUT2D eigenvalue weighted by molar-refractivity contribution is 0.0730. The zero-order chi connectivity index (χ0) is 21.1. The Kier molecular flexibility index (Phi) is 6.34. The molecule has 162 valence electrons. The molecule has 0 bridgehead atoms. The summed E-state index contributed by atoms with van der Waals surface area (Å²) in [5.41, 5.74) is 0.951. The summed E-state index contributed by atoms with van der Waals surface area (Å²) in [6.45, 7) is 3.68. The zero-order valence-corrected chi connectivity index (χ0v) is 18.3. The minimum atomic E-state index is -3.72. The van der Waals surface area contributed by atoms with Crippen molar-refractivity contribution in [3.05, 3.63) is 40.1 Å². The first kappa shape index (κ1) is 21.2. The Bertz CT molecular complexity index is 1080. The number of benzene rings is 1. The van der Waals surface area contributed by atoms with Gasteiger partial charge in [0.05, 0.1) is 36.9 Å². The number of carbonyl (C=O) groups is 1. The molecule has 0 atom stereocenters. The topological polar surface area (TPSA) is 93.4 Å². The van der Waals surface area contributed by atoms with Crippen molar-refractivity contribution in [3.8, 4) is 0 Å². The second kappa shape index (κ2) is 8.98. The molecule has 1 aromatic carbocycles. The van der Waals surface area contributed by atoms with Gasteiger partial charge in [0.15, 0.2) is 4.80 Å². The van der Waals surface area contributed by atoms with E-state index in [-0.39, 0.29) is 10.5 Å². The van der Waals surface area contributed by atoms with E-state index in [0.717, 1.165) is 0 Å². The van der Waals surface area contributed by atoms with Crippen LogP contribution in [-0.2, 0) is 26.5 Å². The number of amides is 1. The van der Waals surface area contributed by atoms with Crippen LogP contribution in [0.3, 0.4) is 0 Å². The molecule has 2 aromatic rings. The number of ether oxygens (including phenoxy) is 2. The molecule has 9 nitrogen and oxygen atoms in total. The summed E-state index contributed by atoms with van der Waals surface area (Å²) < 4.78 is 40.1. The highest BCUT2D eigenvalue weighted by Gasteiger charge is 2.29. The molecule has 2 fully saturated rings. The third-order valence-electron chi connectivity index (χ3n) is 5.11. The predicted molar refractivity (Wildman–Crippen MR) is 112 cm³/mol. The van der Waals surface area contributed by atoms with Crippen LogP contribution in [0.25, 0.3) is 0 Å². The molecule has 2 saturated heterocycles. The number of carbonyl (C=O) groups excluding carboxylic acids is 1. The third-order valence-corrected chi connectivity index (χ3v) is 7.86. The van der Waals surface area contributed by atoms with Gasteiger partial charge >= 0.3 is 0 Å². The largest absolute Gasteiger partial charge is 0.379 e. The minimum Gasteiger partial charge on any atom is -0.379 e. The summed E-state index contributed by atoms with van der Waals surface area (Å²) >= 11 is 1.35. The Balaban J connectivity index is 1.77. The standard InChI is InChI=1S/C19H24N4O5S2/c1-21-8-13-29-19(21)20-18(24)16-14-15(30(25,26)23-6-11-28-12-7-23)2-3-17(16)22-4-9-27-10-5-22/h2-3,8,13-14H,4-7,9-12H2,1H3. The fourth-order valence-corrected chi connectivity index (χ4v) is 5.61. The first-order valence-corrected chi connectivity index (χ1v) is 12.0. The SMILES string of the molecule is Cn1ccsc1=NC(=O)c1cc(S(=O)(=O)N2CCOCC2)ccc1N1CCOCC1. The first-order valence-electron chi connectivity index (χ1n) is 9.70. The quantitative estimate of drug-likeness (QED) is 0.678. The molecule has 11 heteroatoms. The van der Waals surface area contributed by atoms with E-state index in [1.807, 2.05) is 23.5 Å². The van der Waals surface area contributed by atoms with Gasteiger partial charge in [-0.05, 0) is 18.2 Å². The molecule has 2 aliphatic rings. The number of hydrogen-bond acceptors (Lipinski definition) is 7. The Hall–Kier alpha value is -2.05. The lowest BCUT2D eigenvalue weighted by atomic mass is 10.1. The zero-order valence-electron chi connectivity index (χ0n) is 16.7. The van der Waals surface area contributed by atoms with Gasteiger partial charge in [0.2, 0.25) is 10.0 Å². The monoisotopic (exact) mass is 452 g/mol. The van der Waals surface area contributed by atoms with Crippen molar-refractivity contribution in [2.24, 2.45) is 12.0 Å². The van der Waals surface area contributed by atoms with Gasteiger partial charge in [0.25, 0.3) is 5.91 Å². The molecule has 1 amide bonds. The van der Waals surface area contributed by atoms with Crippen LogP contribution in [0.15, 0.2) is 39.7 Å². The maximum absolute atomic E-state index is 13.1. The second-order valence-electron chi connectivity index (χ2n) is 7.01. The van der Waals surface area contributed by atoms with Crippen molar-refractivity contribution in [3.63, 3.8) is 0 Å². The van der Waals surface area contributed by atoms with Crippen LogP contribution < -0.4 is 9.70 Å². The van der Waals surface area contributed by atoms with Crippen LogP contribution in [0.1, 0.15) is 10.4 Å². The normalized spacial score (nSPS) is 19.2. The average Bonchev–Trinajstić information content (AvgIpc) is 3.18. The van der Waals surface area contributed by atoms with Gasteiger partial charge < -0.3 is 18.9 Å². The van der Waals surface area contributed by atoms with Gasteiger partial charge in [-0.1, -0.05) is 0 Å². The van der Waals surface area contributed by atoms with E-state index in [4.69, 9.17) is 9.47 Å². The van der Waals surface area contributed by atoms with E-state index in [1.54, 1.807) is 16.7 Å². The third kappa shape index (κ3) is 4.35. The summed E-state index contributed by atoms with van der Waals surface area (Å²) in [4.78, 5) is 20.0. The van der Waals surface area contributed by atoms with E-state index < -0.39 is 15.9 Å². The van der Waals surface area contributed by atoms with Crippen molar-refractivity contribution < 1.29 is 22.7 Å². The lowest BCUT2D eigenvalue weighted by Crippen LogP contribution is -2.40. The highest BCUT2D eigenvalue weighted by Crippen LogP contribution is 2.27. The van der Waals surface area contributed by atoms with Crippen LogP contribution in [-0.4, -0.2) is 75.8 Å². The number of aryl methyl sites for hydroxylation is 1. The highest BCUT2D eigenvalue weighted by atomic mass is 32.2.